The Morgan fingerprint density at radius 2 is 1.76 bits per heavy atom. The van der Waals surface area contributed by atoms with Gasteiger partial charge in [0.15, 0.2) is 0 Å². The molecule has 0 amide bonds. The predicted molar refractivity (Wildman–Crippen MR) is 87.9 cm³/mol. The lowest BCUT2D eigenvalue weighted by Gasteiger charge is -2.33. The monoisotopic (exact) mass is 291 g/mol. The molecule has 1 saturated heterocycles. The number of benzene rings is 1. The summed E-state index contributed by atoms with van der Waals surface area (Å²) in [6.45, 7) is 13.9. The first kappa shape index (κ1) is 16.3. The largest absolute Gasteiger partial charge is 0.492 e. The van der Waals surface area contributed by atoms with Gasteiger partial charge in [-0.25, -0.2) is 0 Å². The number of likely N-dealkylation sites (N-methyl/N-ethyl adjacent to an activating group) is 1. The van der Waals surface area contributed by atoms with Crippen LogP contribution in [0, 0.1) is 0 Å². The highest BCUT2D eigenvalue weighted by molar-refractivity contribution is 5.33. The molecule has 0 aliphatic carbocycles. The average Bonchev–Trinajstić information content (AvgIpc) is 2.54. The van der Waals surface area contributed by atoms with Crippen LogP contribution in [-0.4, -0.2) is 62.2 Å². The van der Waals surface area contributed by atoms with Gasteiger partial charge in [-0.3, -0.25) is 4.90 Å². The number of para-hydroxylation sites is 1. The minimum absolute atomic E-state index is 0.773. The van der Waals surface area contributed by atoms with Crippen LogP contribution < -0.4 is 10.1 Å². The van der Waals surface area contributed by atoms with E-state index in [9.17, 15) is 0 Å². The number of rotatable bonds is 8. The summed E-state index contributed by atoms with van der Waals surface area (Å²) in [4.78, 5) is 5.00. The molecule has 1 fully saturated rings. The highest BCUT2D eigenvalue weighted by Gasteiger charge is 2.15. The number of ether oxygens (including phenoxy) is 1. The molecule has 0 atom stereocenters. The van der Waals surface area contributed by atoms with E-state index >= 15 is 0 Å². The van der Waals surface area contributed by atoms with E-state index in [1.165, 1.54) is 25.2 Å². The van der Waals surface area contributed by atoms with E-state index in [1.807, 2.05) is 6.07 Å². The summed E-state index contributed by atoms with van der Waals surface area (Å²) >= 11 is 0. The van der Waals surface area contributed by atoms with Crippen molar-refractivity contribution < 1.29 is 4.74 Å². The Kier molecular flexibility index (Phi) is 7.00. The Bertz CT molecular complexity index is 403. The Hall–Kier alpha value is -1.10. The Labute approximate surface area is 129 Å². The first-order valence-electron chi connectivity index (χ1n) is 8.19. The molecule has 1 aromatic rings. The van der Waals surface area contributed by atoms with Crippen LogP contribution in [0.15, 0.2) is 24.3 Å². The van der Waals surface area contributed by atoms with Gasteiger partial charge in [-0.2, -0.15) is 0 Å². The fraction of sp³-hybridized carbons (Fsp3) is 0.647. The maximum absolute atomic E-state index is 5.99. The van der Waals surface area contributed by atoms with Crippen molar-refractivity contribution in [1.29, 1.82) is 0 Å². The molecule has 1 heterocycles. The number of hydrogen-bond donors (Lipinski definition) is 1. The standard InChI is InChI=1S/C17H29N3O/c1-3-18-15-16-7-5-6-8-17(16)21-14-13-20-11-9-19(4-2)10-12-20/h5-8,18H,3-4,9-15H2,1-2H3. The molecule has 1 N–H and O–H groups in total. The van der Waals surface area contributed by atoms with E-state index in [2.05, 4.69) is 47.2 Å². The normalized spacial score (nSPS) is 17.0. The zero-order valence-electron chi connectivity index (χ0n) is 13.5. The number of nitrogens with one attached hydrogen (secondary N) is 1. The Balaban J connectivity index is 1.73. The fourth-order valence-electron chi connectivity index (χ4n) is 2.66. The summed E-state index contributed by atoms with van der Waals surface area (Å²) in [7, 11) is 0. The summed E-state index contributed by atoms with van der Waals surface area (Å²) in [5, 5.41) is 3.36. The maximum Gasteiger partial charge on any atom is 0.123 e. The molecule has 1 aromatic carbocycles. The van der Waals surface area contributed by atoms with Crippen molar-refractivity contribution in [2.75, 3.05) is 52.4 Å². The highest BCUT2D eigenvalue weighted by Crippen LogP contribution is 2.17. The van der Waals surface area contributed by atoms with Crippen LogP contribution >= 0.6 is 0 Å². The van der Waals surface area contributed by atoms with Gasteiger partial charge in [0.1, 0.15) is 12.4 Å². The third-order valence-corrected chi connectivity index (χ3v) is 4.12. The summed E-state index contributed by atoms with van der Waals surface area (Å²) < 4.78 is 5.99. The summed E-state index contributed by atoms with van der Waals surface area (Å²) in [6, 6.07) is 8.33. The fourth-order valence-corrected chi connectivity index (χ4v) is 2.66. The van der Waals surface area contributed by atoms with Crippen molar-refractivity contribution in [2.24, 2.45) is 0 Å². The quantitative estimate of drug-likeness (QED) is 0.790. The second-order valence-corrected chi connectivity index (χ2v) is 5.51. The van der Waals surface area contributed by atoms with Crippen molar-refractivity contribution in [1.82, 2.24) is 15.1 Å². The van der Waals surface area contributed by atoms with Gasteiger partial charge in [0.25, 0.3) is 0 Å². The SMILES string of the molecule is CCNCc1ccccc1OCCN1CCN(CC)CC1. The zero-order valence-corrected chi connectivity index (χ0v) is 13.5. The molecule has 0 aromatic heterocycles. The van der Waals surface area contributed by atoms with Gasteiger partial charge in [0.2, 0.25) is 0 Å². The van der Waals surface area contributed by atoms with Gasteiger partial charge < -0.3 is 15.0 Å². The first-order valence-corrected chi connectivity index (χ1v) is 8.19. The van der Waals surface area contributed by atoms with Gasteiger partial charge in [0, 0.05) is 44.8 Å². The molecule has 4 nitrogen and oxygen atoms in total. The van der Waals surface area contributed by atoms with E-state index in [-0.39, 0.29) is 0 Å². The van der Waals surface area contributed by atoms with Crippen molar-refractivity contribution in [3.63, 3.8) is 0 Å². The van der Waals surface area contributed by atoms with E-state index in [4.69, 9.17) is 4.74 Å². The lowest BCUT2D eigenvalue weighted by Crippen LogP contribution is -2.47. The minimum Gasteiger partial charge on any atom is -0.492 e. The lowest BCUT2D eigenvalue weighted by molar-refractivity contribution is 0.120. The van der Waals surface area contributed by atoms with Crippen LogP contribution in [0.25, 0.3) is 0 Å². The molecule has 0 spiro atoms. The topological polar surface area (TPSA) is 27.7 Å². The van der Waals surface area contributed by atoms with Gasteiger partial charge in [-0.15, -0.1) is 0 Å². The number of hydrogen-bond acceptors (Lipinski definition) is 4. The molecule has 0 radical (unpaired) electrons. The summed E-state index contributed by atoms with van der Waals surface area (Å²) in [6.07, 6.45) is 0. The minimum atomic E-state index is 0.773. The summed E-state index contributed by atoms with van der Waals surface area (Å²) in [5.74, 6) is 1.02. The molecule has 0 unspecified atom stereocenters. The van der Waals surface area contributed by atoms with Crippen LogP contribution in [0.1, 0.15) is 19.4 Å². The van der Waals surface area contributed by atoms with E-state index < -0.39 is 0 Å². The van der Waals surface area contributed by atoms with E-state index in [0.717, 1.165) is 45.1 Å². The summed E-state index contributed by atoms with van der Waals surface area (Å²) in [5.41, 5.74) is 1.25. The van der Waals surface area contributed by atoms with Crippen molar-refractivity contribution in [3.05, 3.63) is 29.8 Å². The van der Waals surface area contributed by atoms with Crippen LogP contribution in [-0.2, 0) is 6.54 Å². The molecule has 21 heavy (non-hydrogen) atoms. The Morgan fingerprint density at radius 3 is 2.48 bits per heavy atom. The molecular weight excluding hydrogens is 262 g/mol. The molecule has 4 heteroatoms. The van der Waals surface area contributed by atoms with Crippen LogP contribution in [0.5, 0.6) is 5.75 Å². The molecule has 1 aliphatic heterocycles. The maximum atomic E-state index is 5.99. The second-order valence-electron chi connectivity index (χ2n) is 5.51. The van der Waals surface area contributed by atoms with Crippen molar-refractivity contribution in [2.45, 2.75) is 20.4 Å². The van der Waals surface area contributed by atoms with Gasteiger partial charge >= 0.3 is 0 Å². The molecule has 1 aliphatic rings. The molecule has 0 bridgehead atoms. The van der Waals surface area contributed by atoms with Gasteiger partial charge in [-0.1, -0.05) is 32.0 Å². The van der Waals surface area contributed by atoms with E-state index in [1.54, 1.807) is 0 Å². The third kappa shape index (κ3) is 5.30. The molecule has 2 rings (SSSR count). The second kappa shape index (κ2) is 9.03. The average molecular weight is 291 g/mol. The lowest BCUT2D eigenvalue weighted by atomic mass is 10.2. The van der Waals surface area contributed by atoms with Crippen molar-refractivity contribution >= 4 is 0 Å². The number of piperazine rings is 1. The Morgan fingerprint density at radius 1 is 1.05 bits per heavy atom. The van der Waals surface area contributed by atoms with Crippen LogP contribution in [0.4, 0.5) is 0 Å². The molecule has 0 saturated carbocycles. The highest BCUT2D eigenvalue weighted by atomic mass is 16.5. The van der Waals surface area contributed by atoms with Crippen LogP contribution in [0.2, 0.25) is 0 Å². The van der Waals surface area contributed by atoms with Gasteiger partial charge in [0.05, 0.1) is 0 Å². The molecular formula is C17H29N3O. The predicted octanol–water partition coefficient (Wildman–Crippen LogP) is 1.81. The first-order chi connectivity index (χ1) is 10.3. The third-order valence-electron chi connectivity index (χ3n) is 4.12. The smallest absolute Gasteiger partial charge is 0.123 e. The van der Waals surface area contributed by atoms with Crippen molar-refractivity contribution in [3.8, 4) is 5.75 Å². The van der Waals surface area contributed by atoms with Crippen LogP contribution in [0.3, 0.4) is 0 Å². The number of nitrogens with zero attached hydrogens (tertiary/aromatic N) is 2. The zero-order chi connectivity index (χ0) is 14.9. The molecule has 118 valence electrons. The van der Waals surface area contributed by atoms with Gasteiger partial charge in [-0.05, 0) is 19.2 Å². The van der Waals surface area contributed by atoms with E-state index in [0.29, 0.717) is 0 Å².